The highest BCUT2D eigenvalue weighted by atomic mass is 19.1. The van der Waals surface area contributed by atoms with E-state index in [1.807, 2.05) is 0 Å². The van der Waals surface area contributed by atoms with E-state index >= 15 is 0 Å². The molecule has 1 N–H and O–H groups in total. The van der Waals surface area contributed by atoms with Gasteiger partial charge in [-0.3, -0.25) is 0 Å². The third kappa shape index (κ3) is 4.18. The van der Waals surface area contributed by atoms with Crippen LogP contribution in [0.5, 0.6) is 5.75 Å². The number of phenolic OH excluding ortho intramolecular Hbond substituents is 1. The molecule has 3 aromatic rings. The fraction of sp³-hybridized carbons (Fsp3) is 0.364. The maximum atomic E-state index is 14.7. The first-order valence-electron chi connectivity index (χ1n) is 10.3. The minimum atomic E-state index is -1.47. The average molecular weight is 431 g/mol. The van der Waals surface area contributed by atoms with E-state index in [2.05, 4.69) is 26.7 Å². The monoisotopic (exact) mass is 431 g/mol. The molecule has 0 aliphatic heterocycles. The van der Waals surface area contributed by atoms with Crippen LogP contribution < -0.4 is 0 Å². The average Bonchev–Trinajstić information content (AvgIpc) is 3.31. The van der Waals surface area contributed by atoms with Gasteiger partial charge in [-0.2, -0.15) is 0 Å². The predicted octanol–water partition coefficient (Wildman–Crippen LogP) is 3.83. The fourth-order valence-corrected chi connectivity index (χ4v) is 4.15. The number of aromatic nitrogens is 5. The van der Waals surface area contributed by atoms with Crippen molar-refractivity contribution in [2.75, 3.05) is 0 Å². The summed E-state index contributed by atoms with van der Waals surface area (Å²) in [5.74, 6) is -0.573. The maximum absolute atomic E-state index is 14.7. The first kappa shape index (κ1) is 22.2. The Morgan fingerprint density at radius 1 is 1.31 bits per heavy atom. The molecule has 4 atom stereocenters. The molecule has 1 saturated carbocycles. The first-order valence-corrected chi connectivity index (χ1v) is 10.3. The van der Waals surface area contributed by atoms with E-state index in [0.29, 0.717) is 16.8 Å². The van der Waals surface area contributed by atoms with Crippen LogP contribution >= 0.6 is 0 Å². The van der Waals surface area contributed by atoms with Crippen LogP contribution in [0.1, 0.15) is 25.1 Å². The number of benzene rings is 1. The molecule has 0 saturated heterocycles. The molecule has 0 spiro atoms. The minimum Gasteiger partial charge on any atom is -0.507 e. The highest BCUT2D eigenvalue weighted by molar-refractivity contribution is 6.17. The van der Waals surface area contributed by atoms with Gasteiger partial charge < -0.3 is 9.67 Å². The SMILES string of the molecule is [B]CC[C@@]1([B])C[C@@H](C(=C)c2ncc(-c3ccc(-n4ccnc4)cc3O)nn2)[C@H](F)CC1F. The quantitative estimate of drug-likeness (QED) is 0.601. The first-order chi connectivity index (χ1) is 15.3. The molecular weight excluding hydrogens is 410 g/mol. The molecule has 1 aliphatic rings. The second kappa shape index (κ2) is 8.84. The fourth-order valence-electron chi connectivity index (χ4n) is 4.15. The van der Waals surface area contributed by atoms with Crippen LogP contribution in [0.4, 0.5) is 8.78 Å². The van der Waals surface area contributed by atoms with Crippen molar-refractivity contribution in [2.45, 2.75) is 43.2 Å². The summed E-state index contributed by atoms with van der Waals surface area (Å²) >= 11 is 0. The molecule has 160 valence electrons. The molecule has 2 heterocycles. The number of halogens is 2. The van der Waals surface area contributed by atoms with Crippen LogP contribution in [0.15, 0.2) is 49.7 Å². The van der Waals surface area contributed by atoms with Gasteiger partial charge in [0.25, 0.3) is 0 Å². The van der Waals surface area contributed by atoms with Crippen LogP contribution in [0.2, 0.25) is 11.6 Å². The Morgan fingerprint density at radius 2 is 2.12 bits per heavy atom. The van der Waals surface area contributed by atoms with Crippen LogP contribution in [-0.4, -0.2) is 57.9 Å². The second-order valence-electron chi connectivity index (χ2n) is 8.17. The number of aromatic hydroxyl groups is 1. The molecule has 4 radical (unpaired) electrons. The van der Waals surface area contributed by atoms with Gasteiger partial charge in [-0.25, -0.2) is 18.7 Å². The minimum absolute atomic E-state index is 0.00123. The summed E-state index contributed by atoms with van der Waals surface area (Å²) < 4.78 is 30.8. The molecule has 1 unspecified atom stereocenters. The molecule has 2 aromatic heterocycles. The Hall–Kier alpha value is -3.03. The van der Waals surface area contributed by atoms with Crippen molar-refractivity contribution in [2.24, 2.45) is 5.92 Å². The number of hydrogen-bond acceptors (Lipinski definition) is 5. The third-order valence-corrected chi connectivity index (χ3v) is 6.06. The number of nitrogens with zero attached hydrogens (tertiary/aromatic N) is 5. The molecule has 1 aliphatic carbocycles. The van der Waals surface area contributed by atoms with Crippen molar-refractivity contribution in [1.82, 2.24) is 24.7 Å². The molecule has 10 heteroatoms. The number of hydrogen-bond donors (Lipinski definition) is 1. The highest BCUT2D eigenvalue weighted by Gasteiger charge is 2.45. The van der Waals surface area contributed by atoms with E-state index in [-0.39, 0.29) is 37.2 Å². The predicted molar refractivity (Wildman–Crippen MR) is 119 cm³/mol. The summed E-state index contributed by atoms with van der Waals surface area (Å²) in [6.07, 6.45) is 3.73. The van der Waals surface area contributed by atoms with Crippen LogP contribution in [-0.2, 0) is 0 Å². The van der Waals surface area contributed by atoms with Crippen LogP contribution in [0.25, 0.3) is 22.5 Å². The molecule has 0 amide bonds. The van der Waals surface area contributed by atoms with Crippen molar-refractivity contribution < 1.29 is 13.9 Å². The zero-order valence-corrected chi connectivity index (χ0v) is 17.4. The van der Waals surface area contributed by atoms with Gasteiger partial charge in [0.05, 0.1) is 33.9 Å². The molecule has 6 nitrogen and oxygen atoms in total. The largest absolute Gasteiger partial charge is 0.507 e. The lowest BCUT2D eigenvalue weighted by Gasteiger charge is -2.43. The van der Waals surface area contributed by atoms with E-state index in [0.717, 1.165) is 5.69 Å². The normalized spacial score (nSPS) is 25.5. The Kier molecular flexibility index (Phi) is 6.13. The van der Waals surface area contributed by atoms with Crippen LogP contribution in [0.3, 0.4) is 0 Å². The summed E-state index contributed by atoms with van der Waals surface area (Å²) in [5, 5.41) is 17.4. The smallest absolute Gasteiger partial charge is 0.177 e. The Labute approximate surface area is 187 Å². The number of imidazole rings is 1. The lowest BCUT2D eigenvalue weighted by Crippen LogP contribution is -2.40. The van der Waals surface area contributed by atoms with E-state index in [4.69, 9.17) is 15.7 Å². The van der Waals surface area contributed by atoms with Gasteiger partial charge in [0, 0.05) is 36.4 Å². The van der Waals surface area contributed by atoms with E-state index in [9.17, 15) is 13.9 Å². The van der Waals surface area contributed by atoms with Gasteiger partial charge in [-0.05, 0) is 29.4 Å². The van der Waals surface area contributed by atoms with Crippen molar-refractivity contribution in [3.63, 3.8) is 0 Å². The Balaban J connectivity index is 1.54. The Morgan fingerprint density at radius 3 is 2.75 bits per heavy atom. The summed E-state index contributed by atoms with van der Waals surface area (Å²) in [7, 11) is 11.8. The number of allylic oxidation sites excluding steroid dienone is 1. The number of phenols is 1. The molecule has 32 heavy (non-hydrogen) atoms. The Bertz CT molecular complexity index is 1100. The van der Waals surface area contributed by atoms with E-state index in [1.54, 1.807) is 41.5 Å². The molecule has 1 aromatic carbocycles. The van der Waals surface area contributed by atoms with Crippen molar-refractivity contribution >= 4 is 21.3 Å². The summed E-state index contributed by atoms with van der Waals surface area (Å²) in [4.78, 5) is 8.25. The summed E-state index contributed by atoms with van der Waals surface area (Å²) in [5.41, 5.74) is 1.83. The number of alkyl halides is 2. The maximum Gasteiger partial charge on any atom is 0.177 e. The van der Waals surface area contributed by atoms with Gasteiger partial charge in [0.2, 0.25) is 0 Å². The summed E-state index contributed by atoms with van der Waals surface area (Å²) in [6, 6.07) is 5.07. The van der Waals surface area contributed by atoms with Gasteiger partial charge >= 0.3 is 0 Å². The van der Waals surface area contributed by atoms with Crippen molar-refractivity contribution in [1.29, 1.82) is 0 Å². The topological polar surface area (TPSA) is 76.7 Å². The molecule has 0 bridgehead atoms. The zero-order valence-electron chi connectivity index (χ0n) is 17.4. The van der Waals surface area contributed by atoms with Crippen LogP contribution in [0, 0.1) is 5.92 Å². The molecule has 1 fully saturated rings. The zero-order chi connectivity index (χ0) is 22.9. The highest BCUT2D eigenvalue weighted by Crippen LogP contribution is 2.51. The van der Waals surface area contributed by atoms with Crippen molar-refractivity contribution in [3.8, 4) is 22.7 Å². The second-order valence-corrected chi connectivity index (χ2v) is 8.17. The summed E-state index contributed by atoms with van der Waals surface area (Å²) in [6.45, 7) is 3.94. The van der Waals surface area contributed by atoms with Gasteiger partial charge in [0.1, 0.15) is 23.8 Å². The molecule has 4 rings (SSSR count). The van der Waals surface area contributed by atoms with Gasteiger partial charge in [-0.1, -0.05) is 19.3 Å². The standard InChI is InChI=1S/C22H21B2F2N5O/c1-13(16-10-22(24,4-5-23)20(26)9-17(16)25)21-28-11-18(29-30-21)15-3-2-14(8-19(15)32)31-7-6-27-12-31/h2-3,6-8,11-12,16-17,20,32H,1,4-5,9-10H2/t16-,17+,20?,22+/m0/s1. The van der Waals surface area contributed by atoms with Crippen molar-refractivity contribution in [3.05, 3.63) is 55.5 Å². The number of rotatable bonds is 6. The van der Waals surface area contributed by atoms with Gasteiger partial charge in [-0.15, -0.1) is 10.2 Å². The van der Waals surface area contributed by atoms with Gasteiger partial charge in [0.15, 0.2) is 5.82 Å². The van der Waals surface area contributed by atoms with E-state index in [1.165, 1.54) is 6.20 Å². The lowest BCUT2D eigenvalue weighted by atomic mass is 9.53. The lowest BCUT2D eigenvalue weighted by molar-refractivity contribution is 0.0835. The van der Waals surface area contributed by atoms with E-state index < -0.39 is 23.6 Å². The molecular formula is C22H21B2F2N5O. The third-order valence-electron chi connectivity index (χ3n) is 6.06.